The van der Waals surface area contributed by atoms with Crippen LogP contribution in [-0.4, -0.2) is 12.1 Å². The van der Waals surface area contributed by atoms with Gasteiger partial charge in [0.1, 0.15) is 5.75 Å². The second-order valence-electron chi connectivity index (χ2n) is 4.90. The van der Waals surface area contributed by atoms with E-state index >= 15 is 0 Å². The molecule has 0 amide bonds. The van der Waals surface area contributed by atoms with Gasteiger partial charge in [-0.1, -0.05) is 30.1 Å². The largest absolute Gasteiger partial charge is 0.492 e. The van der Waals surface area contributed by atoms with Gasteiger partial charge in [-0.15, -0.1) is 12.4 Å². The van der Waals surface area contributed by atoms with Crippen LogP contribution in [0.5, 0.6) is 5.75 Å². The van der Waals surface area contributed by atoms with Crippen LogP contribution in [0.25, 0.3) is 0 Å². The van der Waals surface area contributed by atoms with Gasteiger partial charge in [-0.25, -0.2) is 0 Å². The normalized spacial score (nSPS) is 11.1. The molecule has 5 heteroatoms. The van der Waals surface area contributed by atoms with Gasteiger partial charge in [0.05, 0.1) is 11.6 Å². The first kappa shape index (κ1) is 18.9. The predicted octanol–water partition coefficient (Wildman–Crippen LogP) is 5.09. The van der Waals surface area contributed by atoms with E-state index in [1.165, 1.54) is 0 Å². The molecule has 0 unspecified atom stereocenters. The van der Waals surface area contributed by atoms with Crippen LogP contribution in [0.15, 0.2) is 12.1 Å². The van der Waals surface area contributed by atoms with Crippen LogP contribution in [0.2, 0.25) is 10.0 Å². The van der Waals surface area contributed by atoms with Crippen molar-refractivity contribution >= 4 is 35.6 Å². The zero-order chi connectivity index (χ0) is 13.8. The highest BCUT2D eigenvalue weighted by atomic mass is 35.5. The SMILES string of the molecule is CCOc1c(Cl)cc(Cl)cc1CNC(C)(C)CC.Cl. The summed E-state index contributed by atoms with van der Waals surface area (Å²) in [6.07, 6.45) is 1.05. The molecular formula is C14H22Cl3NO. The standard InChI is InChI=1S/C14H21Cl2NO.ClH/c1-5-14(3,4)17-9-10-7-11(15)8-12(16)13(10)18-6-2;/h7-8,17H,5-6,9H2,1-4H3;1H. The van der Waals surface area contributed by atoms with Crippen LogP contribution >= 0.6 is 35.6 Å². The Balaban J connectivity index is 0.00000324. The molecule has 0 saturated heterocycles. The van der Waals surface area contributed by atoms with Crippen LogP contribution in [0.1, 0.15) is 39.7 Å². The Labute approximate surface area is 132 Å². The fourth-order valence-corrected chi connectivity index (χ4v) is 2.10. The molecule has 0 fully saturated rings. The van der Waals surface area contributed by atoms with E-state index in [9.17, 15) is 0 Å². The number of nitrogens with one attached hydrogen (secondary N) is 1. The molecule has 0 saturated carbocycles. The molecule has 110 valence electrons. The monoisotopic (exact) mass is 325 g/mol. The van der Waals surface area contributed by atoms with E-state index < -0.39 is 0 Å². The Kier molecular flexibility index (Phi) is 8.14. The summed E-state index contributed by atoms with van der Waals surface area (Å²) in [6, 6.07) is 3.61. The van der Waals surface area contributed by atoms with E-state index in [2.05, 4.69) is 26.1 Å². The van der Waals surface area contributed by atoms with Gasteiger partial charge in [0.2, 0.25) is 0 Å². The van der Waals surface area contributed by atoms with Gasteiger partial charge >= 0.3 is 0 Å². The molecule has 0 aliphatic rings. The maximum atomic E-state index is 6.16. The molecule has 0 bridgehead atoms. The third-order valence-electron chi connectivity index (χ3n) is 3.02. The summed E-state index contributed by atoms with van der Waals surface area (Å²) in [5.41, 5.74) is 1.08. The van der Waals surface area contributed by atoms with Crippen LogP contribution in [0.3, 0.4) is 0 Å². The second-order valence-corrected chi connectivity index (χ2v) is 5.74. The lowest BCUT2D eigenvalue weighted by atomic mass is 10.0. The van der Waals surface area contributed by atoms with Gasteiger partial charge in [0.25, 0.3) is 0 Å². The van der Waals surface area contributed by atoms with Gasteiger partial charge in [-0.05, 0) is 39.3 Å². The van der Waals surface area contributed by atoms with Gasteiger partial charge in [-0.2, -0.15) is 0 Å². The molecule has 0 radical (unpaired) electrons. The zero-order valence-electron chi connectivity index (χ0n) is 11.8. The number of hydrogen-bond donors (Lipinski definition) is 1. The first-order valence-electron chi connectivity index (χ1n) is 6.25. The van der Waals surface area contributed by atoms with Gasteiger partial charge in [0, 0.05) is 22.7 Å². The molecule has 0 aliphatic carbocycles. The quantitative estimate of drug-likeness (QED) is 0.786. The first-order chi connectivity index (χ1) is 8.39. The van der Waals surface area contributed by atoms with Gasteiger partial charge in [0.15, 0.2) is 0 Å². The van der Waals surface area contributed by atoms with Crippen molar-refractivity contribution in [1.82, 2.24) is 5.32 Å². The molecule has 1 aromatic rings. The first-order valence-corrected chi connectivity index (χ1v) is 7.01. The maximum absolute atomic E-state index is 6.16. The van der Waals surface area contributed by atoms with Crippen molar-refractivity contribution in [2.75, 3.05) is 6.61 Å². The summed E-state index contributed by atoms with van der Waals surface area (Å²) in [5.74, 6) is 0.725. The number of halogens is 3. The Morgan fingerprint density at radius 3 is 2.37 bits per heavy atom. The number of hydrogen-bond acceptors (Lipinski definition) is 2. The molecule has 1 aromatic carbocycles. The van der Waals surface area contributed by atoms with E-state index in [-0.39, 0.29) is 17.9 Å². The molecule has 0 spiro atoms. The fourth-order valence-electron chi connectivity index (χ4n) is 1.51. The zero-order valence-corrected chi connectivity index (χ0v) is 14.2. The fraction of sp³-hybridized carbons (Fsp3) is 0.571. The van der Waals surface area contributed by atoms with E-state index in [4.69, 9.17) is 27.9 Å². The summed E-state index contributed by atoms with van der Waals surface area (Å²) in [4.78, 5) is 0. The molecular weight excluding hydrogens is 305 g/mol. The molecule has 0 heterocycles. The molecule has 0 atom stereocenters. The van der Waals surface area contributed by atoms with E-state index in [1.807, 2.05) is 13.0 Å². The van der Waals surface area contributed by atoms with Crippen LogP contribution in [0.4, 0.5) is 0 Å². The van der Waals surface area contributed by atoms with Gasteiger partial charge in [-0.3, -0.25) is 0 Å². The third-order valence-corrected chi connectivity index (χ3v) is 3.51. The van der Waals surface area contributed by atoms with Crippen LogP contribution in [0, 0.1) is 0 Å². The van der Waals surface area contributed by atoms with E-state index in [0.717, 1.165) is 17.7 Å². The molecule has 2 nitrogen and oxygen atoms in total. The smallest absolute Gasteiger partial charge is 0.142 e. The van der Waals surface area contributed by atoms with E-state index in [1.54, 1.807) is 6.07 Å². The van der Waals surface area contributed by atoms with Crippen molar-refractivity contribution in [3.8, 4) is 5.75 Å². The summed E-state index contributed by atoms with van der Waals surface area (Å²) in [5, 5.41) is 4.68. The number of ether oxygens (including phenoxy) is 1. The Bertz CT molecular complexity index is 408. The highest BCUT2D eigenvalue weighted by Crippen LogP contribution is 2.32. The third kappa shape index (κ3) is 5.78. The van der Waals surface area contributed by atoms with Crippen molar-refractivity contribution in [2.24, 2.45) is 0 Å². The highest BCUT2D eigenvalue weighted by molar-refractivity contribution is 6.35. The molecule has 19 heavy (non-hydrogen) atoms. The lowest BCUT2D eigenvalue weighted by molar-refractivity contribution is 0.328. The molecule has 1 N–H and O–H groups in total. The van der Waals surface area contributed by atoms with Crippen molar-refractivity contribution in [3.05, 3.63) is 27.7 Å². The molecule has 0 aliphatic heterocycles. The maximum Gasteiger partial charge on any atom is 0.142 e. The summed E-state index contributed by atoms with van der Waals surface area (Å²) in [7, 11) is 0. The highest BCUT2D eigenvalue weighted by Gasteiger charge is 2.16. The average molecular weight is 327 g/mol. The Hall–Kier alpha value is -0.150. The Morgan fingerprint density at radius 2 is 1.84 bits per heavy atom. The summed E-state index contributed by atoms with van der Waals surface area (Å²) >= 11 is 12.2. The minimum Gasteiger partial charge on any atom is -0.492 e. The van der Waals surface area contributed by atoms with Crippen molar-refractivity contribution in [1.29, 1.82) is 0 Å². The number of rotatable bonds is 6. The van der Waals surface area contributed by atoms with Crippen LogP contribution in [-0.2, 0) is 6.54 Å². The van der Waals surface area contributed by atoms with Crippen molar-refractivity contribution in [3.63, 3.8) is 0 Å². The van der Waals surface area contributed by atoms with E-state index in [0.29, 0.717) is 23.2 Å². The average Bonchev–Trinajstić information content (AvgIpc) is 2.30. The van der Waals surface area contributed by atoms with Crippen molar-refractivity contribution < 1.29 is 4.74 Å². The second kappa shape index (κ2) is 8.21. The van der Waals surface area contributed by atoms with Crippen molar-refractivity contribution in [2.45, 2.75) is 46.2 Å². The molecule has 0 aromatic heterocycles. The van der Waals surface area contributed by atoms with Crippen LogP contribution < -0.4 is 10.1 Å². The predicted molar refractivity (Wildman–Crippen MR) is 86.1 cm³/mol. The van der Waals surface area contributed by atoms with Gasteiger partial charge < -0.3 is 10.1 Å². The lowest BCUT2D eigenvalue weighted by Gasteiger charge is -2.25. The Morgan fingerprint density at radius 1 is 1.21 bits per heavy atom. The number of benzene rings is 1. The summed E-state index contributed by atoms with van der Waals surface area (Å²) in [6.45, 7) is 9.71. The summed E-state index contributed by atoms with van der Waals surface area (Å²) < 4.78 is 5.59. The minimum atomic E-state index is 0. The lowest BCUT2D eigenvalue weighted by Crippen LogP contribution is -2.37. The minimum absolute atomic E-state index is 0. The topological polar surface area (TPSA) is 21.3 Å². The molecule has 1 rings (SSSR count).